The zero-order chi connectivity index (χ0) is 26.2. The van der Waals surface area contributed by atoms with Gasteiger partial charge in [-0.05, 0) is 64.7 Å². The summed E-state index contributed by atoms with van der Waals surface area (Å²) in [6.07, 6.45) is 9.97. The highest BCUT2D eigenvalue weighted by atomic mass is 16.6. The van der Waals surface area contributed by atoms with Crippen molar-refractivity contribution in [1.82, 2.24) is 0 Å². The Balaban J connectivity index is 2.57. The van der Waals surface area contributed by atoms with Crippen molar-refractivity contribution in [3.05, 3.63) is 0 Å². The van der Waals surface area contributed by atoms with Crippen LogP contribution in [-0.2, 0) is 28.5 Å². The van der Waals surface area contributed by atoms with Crippen LogP contribution in [0.4, 0.5) is 0 Å². The van der Waals surface area contributed by atoms with Gasteiger partial charge in [-0.3, -0.25) is 9.59 Å². The molecule has 206 valence electrons. The summed E-state index contributed by atoms with van der Waals surface area (Å²) in [4.78, 5) is 25.8. The Morgan fingerprint density at radius 1 is 0.686 bits per heavy atom. The highest BCUT2D eigenvalue weighted by Crippen LogP contribution is 2.38. The molecule has 0 N–H and O–H groups in total. The first-order valence-corrected chi connectivity index (χ1v) is 14.2. The maximum absolute atomic E-state index is 13.0. The quantitative estimate of drug-likeness (QED) is 0.157. The van der Waals surface area contributed by atoms with Crippen molar-refractivity contribution in [2.24, 2.45) is 29.6 Å². The van der Waals surface area contributed by atoms with Crippen molar-refractivity contribution in [3.63, 3.8) is 0 Å². The standard InChI is InChI=1S/C29H54O6/c1-21(2)10-8-11-24(7)12-9-13-25-14-15-26(28(30)34-18-16-32-22(3)4)27(20-25)29(31)35-19-17-33-23(5)6/h21-27H,8-20H2,1-7H3. The molecule has 6 heteroatoms. The molecule has 1 aliphatic carbocycles. The zero-order valence-electron chi connectivity index (χ0n) is 23.7. The van der Waals surface area contributed by atoms with Crippen LogP contribution in [0.5, 0.6) is 0 Å². The fourth-order valence-electron chi connectivity index (χ4n) is 4.90. The zero-order valence-corrected chi connectivity index (χ0v) is 23.7. The van der Waals surface area contributed by atoms with Gasteiger partial charge in [0.1, 0.15) is 13.2 Å². The van der Waals surface area contributed by atoms with E-state index in [-0.39, 0.29) is 37.4 Å². The molecule has 0 bridgehead atoms. The third-order valence-electron chi connectivity index (χ3n) is 6.91. The molecule has 6 nitrogen and oxygen atoms in total. The lowest BCUT2D eigenvalue weighted by Crippen LogP contribution is -2.38. The predicted molar refractivity (Wildman–Crippen MR) is 140 cm³/mol. The second-order valence-electron chi connectivity index (χ2n) is 11.4. The van der Waals surface area contributed by atoms with E-state index in [9.17, 15) is 9.59 Å². The lowest BCUT2D eigenvalue weighted by Gasteiger charge is -2.33. The summed E-state index contributed by atoms with van der Waals surface area (Å²) < 4.78 is 22.0. The minimum absolute atomic E-state index is 0.0938. The van der Waals surface area contributed by atoms with E-state index >= 15 is 0 Å². The smallest absolute Gasteiger partial charge is 0.309 e. The average Bonchev–Trinajstić information content (AvgIpc) is 2.78. The summed E-state index contributed by atoms with van der Waals surface area (Å²) in [5, 5.41) is 0. The van der Waals surface area contributed by atoms with Crippen molar-refractivity contribution in [1.29, 1.82) is 0 Å². The van der Waals surface area contributed by atoms with E-state index in [0.29, 0.717) is 32.0 Å². The molecule has 1 aliphatic rings. The summed E-state index contributed by atoms with van der Waals surface area (Å²) in [6, 6.07) is 0. The maximum Gasteiger partial charge on any atom is 0.309 e. The Hall–Kier alpha value is -1.14. The Labute approximate surface area is 215 Å². The number of carbonyl (C=O) groups is 2. The predicted octanol–water partition coefficient (Wildman–Crippen LogP) is 6.59. The van der Waals surface area contributed by atoms with Gasteiger partial charge in [-0.1, -0.05) is 59.3 Å². The maximum atomic E-state index is 13.0. The van der Waals surface area contributed by atoms with Gasteiger partial charge in [-0.2, -0.15) is 0 Å². The number of ether oxygens (including phenoxy) is 4. The summed E-state index contributed by atoms with van der Waals surface area (Å²) in [5.41, 5.74) is 0. The van der Waals surface area contributed by atoms with Crippen molar-refractivity contribution < 1.29 is 28.5 Å². The van der Waals surface area contributed by atoms with Crippen molar-refractivity contribution >= 4 is 11.9 Å². The van der Waals surface area contributed by atoms with E-state index in [2.05, 4.69) is 20.8 Å². The Morgan fingerprint density at radius 3 is 1.77 bits per heavy atom. The third-order valence-corrected chi connectivity index (χ3v) is 6.91. The van der Waals surface area contributed by atoms with E-state index in [4.69, 9.17) is 18.9 Å². The van der Waals surface area contributed by atoms with Crippen LogP contribution in [0.15, 0.2) is 0 Å². The molecule has 0 heterocycles. The molecule has 0 aromatic carbocycles. The first-order chi connectivity index (χ1) is 16.6. The van der Waals surface area contributed by atoms with Crippen LogP contribution >= 0.6 is 0 Å². The van der Waals surface area contributed by atoms with Gasteiger partial charge in [0, 0.05) is 0 Å². The highest BCUT2D eigenvalue weighted by Gasteiger charge is 2.41. The van der Waals surface area contributed by atoms with Gasteiger partial charge in [0.2, 0.25) is 0 Å². The molecular formula is C29H54O6. The fourth-order valence-corrected chi connectivity index (χ4v) is 4.90. The van der Waals surface area contributed by atoms with Gasteiger partial charge in [-0.25, -0.2) is 0 Å². The summed E-state index contributed by atoms with van der Waals surface area (Å²) in [5.74, 6) is 0.527. The first-order valence-electron chi connectivity index (χ1n) is 14.2. The molecule has 0 aromatic heterocycles. The molecule has 1 rings (SSSR count). The van der Waals surface area contributed by atoms with Crippen molar-refractivity contribution in [3.8, 4) is 0 Å². The van der Waals surface area contributed by atoms with E-state index in [1.54, 1.807) is 0 Å². The fraction of sp³-hybridized carbons (Fsp3) is 0.931. The van der Waals surface area contributed by atoms with Crippen LogP contribution in [0.1, 0.15) is 106 Å². The number of carbonyl (C=O) groups excluding carboxylic acids is 2. The van der Waals surface area contributed by atoms with Crippen LogP contribution in [-0.4, -0.2) is 50.6 Å². The molecule has 0 radical (unpaired) electrons. The summed E-state index contributed by atoms with van der Waals surface area (Å²) >= 11 is 0. The SMILES string of the molecule is CC(C)CCCC(C)CCCC1CCC(C(=O)OCCOC(C)C)C(C(=O)OCCOC(C)C)C1. The third kappa shape index (κ3) is 14.9. The Morgan fingerprint density at radius 2 is 1.23 bits per heavy atom. The minimum atomic E-state index is -0.435. The number of esters is 2. The van der Waals surface area contributed by atoms with Crippen LogP contribution in [0.2, 0.25) is 0 Å². The van der Waals surface area contributed by atoms with Gasteiger partial charge < -0.3 is 18.9 Å². The highest BCUT2D eigenvalue weighted by molar-refractivity contribution is 5.82. The minimum Gasteiger partial charge on any atom is -0.463 e. The largest absolute Gasteiger partial charge is 0.463 e. The van der Waals surface area contributed by atoms with Gasteiger partial charge in [0.25, 0.3) is 0 Å². The number of hydrogen-bond acceptors (Lipinski definition) is 6. The number of rotatable bonds is 18. The lowest BCUT2D eigenvalue weighted by molar-refractivity contribution is -0.165. The normalized spacial score (nSPS) is 21.5. The molecule has 4 unspecified atom stereocenters. The van der Waals surface area contributed by atoms with Gasteiger partial charge in [-0.15, -0.1) is 0 Å². The first kappa shape index (κ1) is 31.9. The van der Waals surface area contributed by atoms with Crippen molar-refractivity contribution in [2.45, 2.75) is 118 Å². The topological polar surface area (TPSA) is 71.1 Å². The van der Waals surface area contributed by atoms with Crippen LogP contribution in [0.25, 0.3) is 0 Å². The van der Waals surface area contributed by atoms with Gasteiger partial charge in [0.05, 0.1) is 37.3 Å². The molecule has 0 amide bonds. The van der Waals surface area contributed by atoms with E-state index in [0.717, 1.165) is 24.7 Å². The number of hydrogen-bond donors (Lipinski definition) is 0. The molecule has 0 aliphatic heterocycles. The lowest BCUT2D eigenvalue weighted by atomic mass is 9.72. The average molecular weight is 499 g/mol. The van der Waals surface area contributed by atoms with Gasteiger partial charge >= 0.3 is 11.9 Å². The monoisotopic (exact) mass is 498 g/mol. The van der Waals surface area contributed by atoms with E-state index in [1.165, 1.54) is 32.1 Å². The molecule has 35 heavy (non-hydrogen) atoms. The molecule has 0 saturated heterocycles. The molecular weight excluding hydrogens is 444 g/mol. The van der Waals surface area contributed by atoms with Crippen LogP contribution in [0, 0.1) is 29.6 Å². The van der Waals surface area contributed by atoms with Crippen molar-refractivity contribution in [2.75, 3.05) is 26.4 Å². The van der Waals surface area contributed by atoms with E-state index < -0.39 is 11.8 Å². The van der Waals surface area contributed by atoms with Crippen LogP contribution < -0.4 is 0 Å². The molecule has 4 atom stereocenters. The second-order valence-corrected chi connectivity index (χ2v) is 11.4. The second kappa shape index (κ2) is 18.2. The molecule has 0 aromatic rings. The molecule has 1 saturated carbocycles. The van der Waals surface area contributed by atoms with E-state index in [1.807, 2.05) is 27.7 Å². The Bertz CT molecular complexity index is 574. The Kier molecular flexibility index (Phi) is 16.5. The van der Waals surface area contributed by atoms with Crippen LogP contribution in [0.3, 0.4) is 0 Å². The summed E-state index contributed by atoms with van der Waals surface area (Å²) in [6.45, 7) is 15.9. The van der Waals surface area contributed by atoms with Gasteiger partial charge in [0.15, 0.2) is 0 Å². The molecule has 1 fully saturated rings. The molecule has 0 spiro atoms. The summed E-state index contributed by atoms with van der Waals surface area (Å²) in [7, 11) is 0.